The normalized spacial score (nSPS) is 15.7. The van der Waals surface area contributed by atoms with Crippen LogP contribution >= 0.6 is 0 Å². The number of rotatable bonds is 6. The van der Waals surface area contributed by atoms with E-state index in [2.05, 4.69) is 46.9 Å². The van der Waals surface area contributed by atoms with Gasteiger partial charge in [-0.05, 0) is 44.0 Å². The summed E-state index contributed by atoms with van der Waals surface area (Å²) in [6.07, 6.45) is 7.79. The molecule has 0 atom stereocenters. The second-order valence-electron chi connectivity index (χ2n) is 6.31. The quantitative estimate of drug-likeness (QED) is 0.830. The van der Waals surface area contributed by atoms with E-state index in [1.54, 1.807) is 0 Å². The maximum Gasteiger partial charge on any atom is 0.123 e. The van der Waals surface area contributed by atoms with Crippen LogP contribution in [0.2, 0.25) is 0 Å². The minimum absolute atomic E-state index is 0.0564. The van der Waals surface area contributed by atoms with Crippen LogP contribution < -0.4 is 10.1 Å². The van der Waals surface area contributed by atoms with Gasteiger partial charge in [0, 0.05) is 31.9 Å². The van der Waals surface area contributed by atoms with Gasteiger partial charge >= 0.3 is 0 Å². The molecule has 2 aromatic rings. The zero-order valence-electron chi connectivity index (χ0n) is 12.8. The lowest BCUT2D eigenvalue weighted by Gasteiger charge is -2.16. The molecule has 112 valence electrons. The molecule has 0 aliphatic carbocycles. The number of nitrogens with zero attached hydrogens (tertiary/aromatic N) is 2. The summed E-state index contributed by atoms with van der Waals surface area (Å²) in [7, 11) is 0. The van der Waals surface area contributed by atoms with E-state index in [0.29, 0.717) is 0 Å². The van der Waals surface area contributed by atoms with Crippen molar-refractivity contribution in [3.8, 4) is 5.75 Å². The van der Waals surface area contributed by atoms with Crippen molar-refractivity contribution in [3.05, 3.63) is 48.0 Å². The topological polar surface area (TPSA) is 39.1 Å². The molecule has 21 heavy (non-hydrogen) atoms. The minimum Gasteiger partial charge on any atom is -0.487 e. The number of ether oxygens (including phenoxy) is 1. The van der Waals surface area contributed by atoms with Crippen molar-refractivity contribution < 1.29 is 4.74 Å². The SMILES string of the molecule is CC1(C)Cc2cc(CNCCCn3ccnc3)ccc2O1. The van der Waals surface area contributed by atoms with Gasteiger partial charge in [0.05, 0.1) is 6.33 Å². The Bertz CT molecular complexity index is 590. The molecule has 0 bridgehead atoms. The number of fused-ring (bicyclic) bond motifs is 1. The summed E-state index contributed by atoms with van der Waals surface area (Å²) in [4.78, 5) is 4.04. The molecule has 0 amide bonds. The number of imidazole rings is 1. The van der Waals surface area contributed by atoms with E-state index in [1.807, 2.05) is 18.7 Å². The fourth-order valence-electron chi connectivity index (χ4n) is 2.81. The second-order valence-corrected chi connectivity index (χ2v) is 6.31. The van der Waals surface area contributed by atoms with Crippen LogP contribution in [0.3, 0.4) is 0 Å². The summed E-state index contributed by atoms with van der Waals surface area (Å²) < 4.78 is 8.01. The highest BCUT2D eigenvalue weighted by molar-refractivity contribution is 5.41. The van der Waals surface area contributed by atoms with Gasteiger partial charge in [-0.15, -0.1) is 0 Å². The Kier molecular flexibility index (Phi) is 3.97. The first-order valence-electron chi connectivity index (χ1n) is 7.60. The molecule has 0 fully saturated rings. The Morgan fingerprint density at radius 1 is 1.38 bits per heavy atom. The van der Waals surface area contributed by atoms with Gasteiger partial charge in [-0.1, -0.05) is 12.1 Å². The molecule has 4 nitrogen and oxygen atoms in total. The standard InChI is InChI=1S/C17H23N3O/c1-17(2)11-15-10-14(4-5-16(15)21-17)12-18-6-3-8-20-9-7-19-13-20/h4-5,7,9-10,13,18H,3,6,8,11-12H2,1-2H3. The van der Waals surface area contributed by atoms with Gasteiger partial charge in [-0.25, -0.2) is 4.98 Å². The molecule has 2 heterocycles. The van der Waals surface area contributed by atoms with Crippen LogP contribution in [-0.2, 0) is 19.5 Å². The molecule has 0 unspecified atom stereocenters. The fourth-order valence-corrected chi connectivity index (χ4v) is 2.81. The summed E-state index contributed by atoms with van der Waals surface area (Å²) in [5, 5.41) is 3.50. The zero-order valence-corrected chi connectivity index (χ0v) is 12.8. The van der Waals surface area contributed by atoms with E-state index >= 15 is 0 Å². The van der Waals surface area contributed by atoms with Gasteiger partial charge in [0.2, 0.25) is 0 Å². The second kappa shape index (κ2) is 5.90. The summed E-state index contributed by atoms with van der Waals surface area (Å²) in [5.74, 6) is 1.05. The van der Waals surface area contributed by atoms with Crippen molar-refractivity contribution in [1.82, 2.24) is 14.9 Å². The predicted octanol–water partition coefficient (Wildman–Crippen LogP) is 2.78. The Labute approximate surface area is 126 Å². The number of hydrogen-bond acceptors (Lipinski definition) is 3. The number of nitrogens with one attached hydrogen (secondary N) is 1. The molecule has 0 saturated carbocycles. The molecule has 4 heteroatoms. The molecule has 1 aromatic heterocycles. The van der Waals surface area contributed by atoms with Gasteiger partial charge in [0.15, 0.2) is 0 Å². The molecule has 1 aliphatic heterocycles. The van der Waals surface area contributed by atoms with Crippen molar-refractivity contribution in [1.29, 1.82) is 0 Å². The lowest BCUT2D eigenvalue weighted by atomic mass is 10.0. The highest BCUT2D eigenvalue weighted by Crippen LogP contribution is 2.35. The lowest BCUT2D eigenvalue weighted by Crippen LogP contribution is -2.24. The van der Waals surface area contributed by atoms with Crippen LogP contribution in [0.4, 0.5) is 0 Å². The van der Waals surface area contributed by atoms with E-state index in [4.69, 9.17) is 4.74 Å². The molecule has 0 saturated heterocycles. The Hall–Kier alpha value is -1.81. The third kappa shape index (κ3) is 3.64. The number of hydrogen-bond donors (Lipinski definition) is 1. The van der Waals surface area contributed by atoms with Crippen LogP contribution in [0.15, 0.2) is 36.9 Å². The largest absolute Gasteiger partial charge is 0.487 e. The Morgan fingerprint density at radius 2 is 2.29 bits per heavy atom. The van der Waals surface area contributed by atoms with Crippen LogP contribution in [0.25, 0.3) is 0 Å². The Morgan fingerprint density at radius 3 is 3.10 bits per heavy atom. The first kappa shape index (κ1) is 14.1. The third-order valence-electron chi connectivity index (χ3n) is 3.79. The first-order chi connectivity index (χ1) is 10.1. The summed E-state index contributed by atoms with van der Waals surface area (Å²) in [6.45, 7) is 7.22. The maximum absolute atomic E-state index is 5.90. The maximum atomic E-state index is 5.90. The first-order valence-corrected chi connectivity index (χ1v) is 7.60. The molecule has 0 radical (unpaired) electrons. The molecule has 3 rings (SSSR count). The fraction of sp³-hybridized carbons (Fsp3) is 0.471. The van der Waals surface area contributed by atoms with Gasteiger partial charge in [-0.3, -0.25) is 0 Å². The van der Waals surface area contributed by atoms with Crippen LogP contribution in [0, 0.1) is 0 Å². The Balaban J connectivity index is 1.44. The van der Waals surface area contributed by atoms with E-state index in [0.717, 1.165) is 38.2 Å². The molecule has 1 N–H and O–H groups in total. The molecule has 1 aliphatic rings. The van der Waals surface area contributed by atoms with E-state index in [-0.39, 0.29) is 5.60 Å². The molecular weight excluding hydrogens is 262 g/mol. The van der Waals surface area contributed by atoms with Gasteiger partial charge in [0.25, 0.3) is 0 Å². The number of aryl methyl sites for hydroxylation is 1. The average Bonchev–Trinajstić information content (AvgIpc) is 3.03. The van der Waals surface area contributed by atoms with Crippen molar-refractivity contribution in [2.24, 2.45) is 0 Å². The number of benzene rings is 1. The lowest BCUT2D eigenvalue weighted by molar-refractivity contribution is 0.138. The van der Waals surface area contributed by atoms with Crippen LogP contribution in [0.5, 0.6) is 5.75 Å². The van der Waals surface area contributed by atoms with E-state index < -0.39 is 0 Å². The minimum atomic E-state index is -0.0564. The summed E-state index contributed by atoms with van der Waals surface area (Å²) in [5.41, 5.74) is 2.61. The molecular formula is C17H23N3O. The van der Waals surface area contributed by atoms with Gasteiger partial charge < -0.3 is 14.6 Å². The smallest absolute Gasteiger partial charge is 0.123 e. The average molecular weight is 285 g/mol. The van der Waals surface area contributed by atoms with Gasteiger partial charge in [0.1, 0.15) is 11.4 Å². The number of aromatic nitrogens is 2. The van der Waals surface area contributed by atoms with E-state index in [9.17, 15) is 0 Å². The van der Waals surface area contributed by atoms with E-state index in [1.165, 1.54) is 11.1 Å². The monoisotopic (exact) mass is 285 g/mol. The van der Waals surface area contributed by atoms with Crippen LogP contribution in [0.1, 0.15) is 31.4 Å². The predicted molar refractivity (Wildman–Crippen MR) is 83.4 cm³/mol. The summed E-state index contributed by atoms with van der Waals surface area (Å²) >= 11 is 0. The van der Waals surface area contributed by atoms with Gasteiger partial charge in [-0.2, -0.15) is 0 Å². The summed E-state index contributed by atoms with van der Waals surface area (Å²) in [6, 6.07) is 6.53. The van der Waals surface area contributed by atoms with Crippen molar-refractivity contribution in [2.45, 2.75) is 45.4 Å². The van der Waals surface area contributed by atoms with Crippen molar-refractivity contribution >= 4 is 0 Å². The van der Waals surface area contributed by atoms with Crippen molar-refractivity contribution in [3.63, 3.8) is 0 Å². The highest BCUT2D eigenvalue weighted by Gasteiger charge is 2.29. The molecule has 0 spiro atoms. The highest BCUT2D eigenvalue weighted by atomic mass is 16.5. The third-order valence-corrected chi connectivity index (χ3v) is 3.79. The zero-order chi connectivity index (χ0) is 14.7. The molecule has 1 aromatic carbocycles. The van der Waals surface area contributed by atoms with Crippen molar-refractivity contribution in [2.75, 3.05) is 6.54 Å². The van der Waals surface area contributed by atoms with Crippen LogP contribution in [-0.4, -0.2) is 21.7 Å².